The van der Waals surface area contributed by atoms with Crippen molar-refractivity contribution >= 4 is 17.4 Å². The first kappa shape index (κ1) is 14.1. The van der Waals surface area contributed by atoms with Gasteiger partial charge in [-0.3, -0.25) is 9.89 Å². The normalized spacial score (nSPS) is 11.4. The van der Waals surface area contributed by atoms with Crippen LogP contribution in [0.1, 0.15) is 42.4 Å². The number of carbonyl (C=O) groups excluding carboxylic acids is 1. The number of nitrogen functional groups attached to an aromatic ring is 1. The molecule has 0 radical (unpaired) electrons. The van der Waals surface area contributed by atoms with Gasteiger partial charge in [0, 0.05) is 28.4 Å². The molecule has 1 aromatic carbocycles. The van der Waals surface area contributed by atoms with Gasteiger partial charge in [-0.25, -0.2) is 0 Å². The molecule has 2 rings (SSSR count). The van der Waals surface area contributed by atoms with Crippen molar-refractivity contribution < 1.29 is 4.79 Å². The molecule has 1 aromatic heterocycles. The predicted molar refractivity (Wildman–Crippen MR) is 80.8 cm³/mol. The Morgan fingerprint density at radius 1 is 1.30 bits per heavy atom. The molecule has 0 saturated carbocycles. The fourth-order valence-electron chi connectivity index (χ4n) is 1.78. The number of aromatic nitrogens is 2. The summed E-state index contributed by atoms with van der Waals surface area (Å²) in [5, 5.41) is 9.82. The Kier molecular flexibility index (Phi) is 3.53. The molecule has 4 N–H and O–H groups in total. The van der Waals surface area contributed by atoms with Gasteiger partial charge < -0.3 is 11.1 Å². The van der Waals surface area contributed by atoms with Crippen molar-refractivity contribution in [2.24, 2.45) is 0 Å². The second-order valence-corrected chi connectivity index (χ2v) is 5.94. The number of benzene rings is 1. The van der Waals surface area contributed by atoms with Crippen LogP contribution >= 0.6 is 0 Å². The summed E-state index contributed by atoms with van der Waals surface area (Å²) in [6.07, 6.45) is 0. The van der Waals surface area contributed by atoms with Crippen molar-refractivity contribution in [2.75, 3.05) is 11.1 Å². The van der Waals surface area contributed by atoms with E-state index in [9.17, 15) is 4.79 Å². The average molecular weight is 272 g/mol. The number of hydrogen-bond acceptors (Lipinski definition) is 3. The zero-order valence-electron chi connectivity index (χ0n) is 12.2. The van der Waals surface area contributed by atoms with E-state index in [0.717, 1.165) is 11.3 Å². The predicted octanol–water partition coefficient (Wildman–Crippen LogP) is 2.85. The first-order valence-electron chi connectivity index (χ1n) is 6.51. The highest BCUT2D eigenvalue weighted by atomic mass is 16.1. The number of hydrogen-bond donors (Lipinski definition) is 3. The molecule has 0 aliphatic heterocycles. The largest absolute Gasteiger partial charge is 0.399 e. The highest BCUT2D eigenvalue weighted by Crippen LogP contribution is 2.22. The van der Waals surface area contributed by atoms with Gasteiger partial charge in [0.15, 0.2) is 5.82 Å². The fraction of sp³-hybridized carbons (Fsp3) is 0.333. The third-order valence-corrected chi connectivity index (χ3v) is 3.16. The lowest BCUT2D eigenvalue weighted by Crippen LogP contribution is -2.13. The van der Waals surface area contributed by atoms with Gasteiger partial charge in [0.05, 0.1) is 0 Å². The van der Waals surface area contributed by atoms with Gasteiger partial charge in [-0.2, -0.15) is 5.10 Å². The van der Waals surface area contributed by atoms with E-state index in [2.05, 4.69) is 36.3 Å². The fourth-order valence-corrected chi connectivity index (χ4v) is 1.78. The molecule has 1 heterocycles. The van der Waals surface area contributed by atoms with Crippen LogP contribution in [0.2, 0.25) is 0 Å². The number of amides is 1. The molecule has 1 amide bonds. The van der Waals surface area contributed by atoms with Gasteiger partial charge in [-0.05, 0) is 30.7 Å². The van der Waals surface area contributed by atoms with E-state index in [1.165, 1.54) is 0 Å². The molecule has 0 aliphatic rings. The van der Waals surface area contributed by atoms with Crippen LogP contribution in [-0.2, 0) is 5.41 Å². The Morgan fingerprint density at radius 3 is 2.55 bits per heavy atom. The monoisotopic (exact) mass is 272 g/mol. The summed E-state index contributed by atoms with van der Waals surface area (Å²) in [5.74, 6) is 0.328. The van der Waals surface area contributed by atoms with Crippen LogP contribution in [0.5, 0.6) is 0 Å². The van der Waals surface area contributed by atoms with E-state index in [0.29, 0.717) is 17.1 Å². The number of anilines is 2. The maximum Gasteiger partial charge on any atom is 0.256 e. The Hall–Kier alpha value is -2.30. The van der Waals surface area contributed by atoms with Gasteiger partial charge in [0.25, 0.3) is 5.91 Å². The van der Waals surface area contributed by atoms with Gasteiger partial charge in [0.1, 0.15) is 0 Å². The number of nitrogens with zero attached hydrogens (tertiary/aromatic N) is 1. The van der Waals surface area contributed by atoms with Crippen molar-refractivity contribution in [2.45, 2.75) is 33.1 Å². The van der Waals surface area contributed by atoms with Gasteiger partial charge >= 0.3 is 0 Å². The second-order valence-electron chi connectivity index (χ2n) is 5.94. The molecular formula is C15H20N4O. The van der Waals surface area contributed by atoms with E-state index in [4.69, 9.17) is 5.73 Å². The van der Waals surface area contributed by atoms with Crippen molar-refractivity contribution in [3.63, 3.8) is 0 Å². The standard InChI is InChI=1S/C15H20N4O/c1-9-7-10(5-6-11(9)16)14(20)17-13-8-12(18-19-13)15(2,3)4/h5-8H,16H2,1-4H3,(H2,17,18,19,20). The highest BCUT2D eigenvalue weighted by molar-refractivity contribution is 6.04. The van der Waals surface area contributed by atoms with E-state index < -0.39 is 0 Å². The van der Waals surface area contributed by atoms with Crippen LogP contribution in [0.25, 0.3) is 0 Å². The lowest BCUT2D eigenvalue weighted by Gasteiger charge is -2.14. The maximum absolute atomic E-state index is 12.1. The van der Waals surface area contributed by atoms with Crippen molar-refractivity contribution in [1.29, 1.82) is 0 Å². The first-order chi connectivity index (χ1) is 9.27. The van der Waals surface area contributed by atoms with Crippen LogP contribution in [0.3, 0.4) is 0 Å². The first-order valence-corrected chi connectivity index (χ1v) is 6.51. The van der Waals surface area contributed by atoms with E-state index in [1.807, 2.05) is 13.0 Å². The zero-order chi connectivity index (χ0) is 14.9. The number of carbonyl (C=O) groups is 1. The summed E-state index contributed by atoms with van der Waals surface area (Å²) < 4.78 is 0. The van der Waals surface area contributed by atoms with Gasteiger partial charge in [0.2, 0.25) is 0 Å². The molecule has 0 unspecified atom stereocenters. The number of aromatic amines is 1. The molecule has 5 nitrogen and oxygen atoms in total. The smallest absolute Gasteiger partial charge is 0.256 e. The Morgan fingerprint density at radius 2 is 2.00 bits per heavy atom. The van der Waals surface area contributed by atoms with Crippen molar-refractivity contribution in [3.05, 3.63) is 41.1 Å². The molecule has 0 aliphatic carbocycles. The van der Waals surface area contributed by atoms with Crippen LogP contribution < -0.4 is 11.1 Å². The average Bonchev–Trinajstić information content (AvgIpc) is 2.81. The molecule has 2 aromatic rings. The minimum atomic E-state index is -0.194. The summed E-state index contributed by atoms with van der Waals surface area (Å²) in [4.78, 5) is 12.1. The van der Waals surface area contributed by atoms with E-state index in [-0.39, 0.29) is 11.3 Å². The summed E-state index contributed by atoms with van der Waals surface area (Å²) in [6, 6.07) is 7.05. The molecule has 0 fully saturated rings. The molecule has 0 atom stereocenters. The SMILES string of the molecule is Cc1cc(C(=O)Nc2cc(C(C)(C)C)[nH]n2)ccc1N. The molecular weight excluding hydrogens is 252 g/mol. The Bertz CT molecular complexity index is 638. The van der Waals surface area contributed by atoms with Crippen molar-refractivity contribution in [1.82, 2.24) is 10.2 Å². The van der Waals surface area contributed by atoms with E-state index >= 15 is 0 Å². The molecule has 0 bridgehead atoms. The van der Waals surface area contributed by atoms with Crippen LogP contribution in [0, 0.1) is 6.92 Å². The third kappa shape index (κ3) is 2.99. The van der Waals surface area contributed by atoms with Gasteiger partial charge in [-0.15, -0.1) is 0 Å². The topological polar surface area (TPSA) is 83.8 Å². The third-order valence-electron chi connectivity index (χ3n) is 3.16. The van der Waals surface area contributed by atoms with Crippen LogP contribution in [0.4, 0.5) is 11.5 Å². The molecule has 106 valence electrons. The number of nitrogens with one attached hydrogen (secondary N) is 2. The minimum Gasteiger partial charge on any atom is -0.399 e. The molecule has 20 heavy (non-hydrogen) atoms. The van der Waals surface area contributed by atoms with Crippen LogP contribution in [0.15, 0.2) is 24.3 Å². The zero-order valence-corrected chi connectivity index (χ0v) is 12.2. The second kappa shape index (κ2) is 5.00. The van der Waals surface area contributed by atoms with Crippen LogP contribution in [-0.4, -0.2) is 16.1 Å². The summed E-state index contributed by atoms with van der Waals surface area (Å²) in [6.45, 7) is 8.11. The van der Waals surface area contributed by atoms with E-state index in [1.54, 1.807) is 18.2 Å². The summed E-state index contributed by atoms with van der Waals surface area (Å²) in [7, 11) is 0. The number of H-pyrrole nitrogens is 1. The molecule has 0 saturated heterocycles. The maximum atomic E-state index is 12.1. The summed E-state index contributed by atoms with van der Waals surface area (Å²) >= 11 is 0. The quantitative estimate of drug-likeness (QED) is 0.735. The van der Waals surface area contributed by atoms with Crippen molar-refractivity contribution in [3.8, 4) is 0 Å². The number of rotatable bonds is 2. The Balaban J connectivity index is 2.15. The lowest BCUT2D eigenvalue weighted by molar-refractivity contribution is 0.102. The molecule has 0 spiro atoms. The Labute approximate surface area is 118 Å². The highest BCUT2D eigenvalue weighted by Gasteiger charge is 2.17. The summed E-state index contributed by atoms with van der Waals surface area (Å²) in [5.41, 5.74) is 8.81. The number of aryl methyl sites for hydroxylation is 1. The van der Waals surface area contributed by atoms with Gasteiger partial charge in [-0.1, -0.05) is 20.8 Å². The molecule has 5 heteroatoms. The lowest BCUT2D eigenvalue weighted by atomic mass is 9.92. The number of nitrogens with two attached hydrogens (primary N) is 1. The minimum absolute atomic E-state index is 0.0340.